The van der Waals surface area contributed by atoms with E-state index in [4.69, 9.17) is 0 Å². The number of aromatic amines is 1. The first kappa shape index (κ1) is 13.6. The van der Waals surface area contributed by atoms with Gasteiger partial charge in [-0.1, -0.05) is 48.5 Å². The maximum atomic E-state index is 3.69. The first-order valence-electron chi connectivity index (χ1n) is 8.16. The van der Waals surface area contributed by atoms with Gasteiger partial charge in [0.25, 0.3) is 0 Å². The predicted octanol–water partition coefficient (Wildman–Crippen LogP) is 4.68. The van der Waals surface area contributed by atoms with E-state index in [9.17, 15) is 0 Å². The highest BCUT2D eigenvalue weighted by molar-refractivity contribution is 5.85. The molecule has 0 amide bonds. The van der Waals surface area contributed by atoms with Gasteiger partial charge in [0.1, 0.15) is 0 Å². The number of hydrogen-bond acceptors (Lipinski definition) is 1. The highest BCUT2D eigenvalue weighted by atomic mass is 15.1. The van der Waals surface area contributed by atoms with Crippen molar-refractivity contribution in [1.29, 1.82) is 0 Å². The molecule has 1 aliphatic carbocycles. The molecule has 1 unspecified atom stereocenters. The molecule has 0 bridgehead atoms. The minimum Gasteiger partial charge on any atom is -0.357 e. The maximum Gasteiger partial charge on any atom is 0.0502 e. The lowest BCUT2D eigenvalue weighted by Gasteiger charge is -2.31. The molecule has 0 saturated carbocycles. The minimum absolute atomic E-state index is 0.497. The molecule has 112 valence electrons. The summed E-state index contributed by atoms with van der Waals surface area (Å²) in [6.45, 7) is 1.00. The number of rotatable bonds is 3. The first-order chi connectivity index (χ1) is 10.8. The number of aromatic nitrogens is 1. The van der Waals surface area contributed by atoms with Crippen LogP contribution in [0.2, 0.25) is 0 Å². The third kappa shape index (κ3) is 2.34. The van der Waals surface area contributed by atoms with Gasteiger partial charge in [0, 0.05) is 23.1 Å². The number of para-hydroxylation sites is 1. The van der Waals surface area contributed by atoms with Crippen LogP contribution in [0.25, 0.3) is 10.9 Å². The van der Waals surface area contributed by atoms with Gasteiger partial charge in [-0.15, -0.1) is 0 Å². The molecule has 1 aromatic heterocycles. The summed E-state index contributed by atoms with van der Waals surface area (Å²) in [5.74, 6) is 0. The zero-order chi connectivity index (χ0) is 14.9. The van der Waals surface area contributed by atoms with E-state index in [-0.39, 0.29) is 0 Å². The van der Waals surface area contributed by atoms with Gasteiger partial charge in [-0.05, 0) is 43.5 Å². The van der Waals surface area contributed by atoms with Gasteiger partial charge < -0.3 is 4.98 Å². The van der Waals surface area contributed by atoms with Crippen LogP contribution in [0.5, 0.6) is 0 Å². The highest BCUT2D eigenvalue weighted by Crippen LogP contribution is 2.37. The Balaban J connectivity index is 1.67. The van der Waals surface area contributed by atoms with E-state index in [1.807, 2.05) is 0 Å². The number of fused-ring (bicyclic) bond motifs is 3. The molecular weight excluding hydrogens is 268 g/mol. The molecule has 0 radical (unpaired) electrons. The van der Waals surface area contributed by atoms with Gasteiger partial charge in [-0.3, -0.25) is 4.90 Å². The van der Waals surface area contributed by atoms with E-state index in [0.717, 1.165) is 6.54 Å². The summed E-state index contributed by atoms with van der Waals surface area (Å²) in [4.78, 5) is 6.18. The minimum atomic E-state index is 0.497. The number of nitrogens with zero attached hydrogens (tertiary/aromatic N) is 1. The average Bonchev–Trinajstić information content (AvgIpc) is 2.94. The normalized spacial score (nSPS) is 17.8. The molecule has 4 rings (SSSR count). The zero-order valence-corrected chi connectivity index (χ0v) is 13.0. The molecule has 2 nitrogen and oxygen atoms in total. The van der Waals surface area contributed by atoms with Gasteiger partial charge in [0.15, 0.2) is 0 Å². The smallest absolute Gasteiger partial charge is 0.0502 e. The molecule has 0 aliphatic heterocycles. The summed E-state index contributed by atoms with van der Waals surface area (Å²) in [6.07, 6.45) is 3.72. The Morgan fingerprint density at radius 1 is 1.05 bits per heavy atom. The first-order valence-corrected chi connectivity index (χ1v) is 8.16. The van der Waals surface area contributed by atoms with E-state index in [1.54, 1.807) is 0 Å². The fourth-order valence-corrected chi connectivity index (χ4v) is 3.81. The van der Waals surface area contributed by atoms with Crippen molar-refractivity contribution >= 4 is 10.9 Å². The van der Waals surface area contributed by atoms with Crippen LogP contribution in [0, 0.1) is 0 Å². The summed E-state index contributed by atoms with van der Waals surface area (Å²) in [6, 6.07) is 20.0. The Labute approximate surface area is 131 Å². The van der Waals surface area contributed by atoms with Crippen LogP contribution in [0.4, 0.5) is 0 Å². The third-order valence-corrected chi connectivity index (χ3v) is 4.89. The van der Waals surface area contributed by atoms with Crippen LogP contribution in [0.3, 0.4) is 0 Å². The van der Waals surface area contributed by atoms with Gasteiger partial charge in [-0.25, -0.2) is 0 Å². The van der Waals surface area contributed by atoms with Gasteiger partial charge in [-0.2, -0.15) is 0 Å². The van der Waals surface area contributed by atoms with E-state index in [0.29, 0.717) is 6.04 Å². The molecule has 2 heteroatoms. The number of aryl methyl sites for hydroxylation is 1. The van der Waals surface area contributed by atoms with Crippen molar-refractivity contribution in [2.75, 3.05) is 7.05 Å². The predicted molar refractivity (Wildman–Crippen MR) is 91.9 cm³/mol. The molecule has 3 aromatic rings. The summed E-state index contributed by atoms with van der Waals surface area (Å²) >= 11 is 0. The Kier molecular flexibility index (Phi) is 3.47. The molecule has 0 spiro atoms. The summed E-state index contributed by atoms with van der Waals surface area (Å²) in [5, 5.41) is 1.41. The van der Waals surface area contributed by atoms with Crippen LogP contribution in [0.15, 0.2) is 54.6 Å². The van der Waals surface area contributed by atoms with Crippen molar-refractivity contribution in [3.63, 3.8) is 0 Å². The van der Waals surface area contributed by atoms with Crippen LogP contribution in [0.1, 0.15) is 35.7 Å². The molecule has 2 aromatic carbocycles. The number of nitrogens with one attached hydrogen (secondary N) is 1. The van der Waals surface area contributed by atoms with Crippen LogP contribution >= 0.6 is 0 Å². The van der Waals surface area contributed by atoms with Crippen molar-refractivity contribution in [3.05, 3.63) is 71.4 Å². The third-order valence-electron chi connectivity index (χ3n) is 4.89. The van der Waals surface area contributed by atoms with Crippen LogP contribution in [-0.4, -0.2) is 16.9 Å². The molecule has 1 N–H and O–H groups in total. The van der Waals surface area contributed by atoms with Crippen LogP contribution in [-0.2, 0) is 13.0 Å². The van der Waals surface area contributed by atoms with Gasteiger partial charge in [0.2, 0.25) is 0 Å². The SMILES string of the molecule is CN(Cc1ccccc1)C1CCCc2c1[nH]c1ccccc21. The van der Waals surface area contributed by atoms with E-state index in [1.165, 1.54) is 47.0 Å². The summed E-state index contributed by atoms with van der Waals surface area (Å²) in [5.41, 5.74) is 5.64. The highest BCUT2D eigenvalue weighted by Gasteiger charge is 2.26. The molecule has 1 heterocycles. The summed E-state index contributed by atoms with van der Waals surface area (Å²) < 4.78 is 0. The molecular formula is C20H22N2. The fourth-order valence-electron chi connectivity index (χ4n) is 3.81. The van der Waals surface area contributed by atoms with E-state index < -0.39 is 0 Å². The Bertz CT molecular complexity index is 773. The molecule has 22 heavy (non-hydrogen) atoms. The average molecular weight is 290 g/mol. The lowest BCUT2D eigenvalue weighted by Crippen LogP contribution is -2.27. The quantitative estimate of drug-likeness (QED) is 0.742. The van der Waals surface area contributed by atoms with E-state index >= 15 is 0 Å². The summed E-state index contributed by atoms with van der Waals surface area (Å²) in [7, 11) is 2.25. The molecule has 0 saturated heterocycles. The van der Waals surface area contributed by atoms with Crippen LogP contribution < -0.4 is 0 Å². The monoisotopic (exact) mass is 290 g/mol. The maximum absolute atomic E-state index is 3.69. The van der Waals surface area contributed by atoms with E-state index in [2.05, 4.69) is 71.5 Å². The second-order valence-electron chi connectivity index (χ2n) is 6.37. The lowest BCUT2D eigenvalue weighted by atomic mass is 9.91. The Morgan fingerprint density at radius 3 is 2.68 bits per heavy atom. The largest absolute Gasteiger partial charge is 0.357 e. The second kappa shape index (κ2) is 5.62. The number of benzene rings is 2. The Morgan fingerprint density at radius 2 is 1.82 bits per heavy atom. The number of hydrogen-bond donors (Lipinski definition) is 1. The van der Waals surface area contributed by atoms with Gasteiger partial charge >= 0.3 is 0 Å². The molecule has 1 atom stereocenters. The van der Waals surface area contributed by atoms with Crippen molar-refractivity contribution in [2.45, 2.75) is 31.8 Å². The zero-order valence-electron chi connectivity index (χ0n) is 13.0. The van der Waals surface area contributed by atoms with Crippen molar-refractivity contribution < 1.29 is 0 Å². The molecule has 0 fully saturated rings. The van der Waals surface area contributed by atoms with Crippen molar-refractivity contribution in [1.82, 2.24) is 9.88 Å². The molecule has 1 aliphatic rings. The standard InChI is InChI=1S/C20H22N2/c1-22(14-15-8-3-2-4-9-15)19-13-7-11-17-16-10-5-6-12-18(16)21-20(17)19/h2-6,8-10,12,19,21H,7,11,13-14H2,1H3. The van der Waals surface area contributed by atoms with Gasteiger partial charge in [0.05, 0.1) is 6.04 Å². The lowest BCUT2D eigenvalue weighted by molar-refractivity contribution is 0.210. The van der Waals surface area contributed by atoms with Crippen molar-refractivity contribution in [3.8, 4) is 0 Å². The van der Waals surface area contributed by atoms with Crippen molar-refractivity contribution in [2.24, 2.45) is 0 Å². The second-order valence-corrected chi connectivity index (χ2v) is 6.37. The number of H-pyrrole nitrogens is 1. The topological polar surface area (TPSA) is 19.0 Å². The fraction of sp³-hybridized carbons (Fsp3) is 0.300. The Hall–Kier alpha value is -2.06.